The van der Waals surface area contributed by atoms with Crippen LogP contribution in [0.2, 0.25) is 0 Å². The van der Waals surface area contributed by atoms with Crippen molar-refractivity contribution in [3.63, 3.8) is 0 Å². The number of pyridine rings is 1. The van der Waals surface area contributed by atoms with Crippen molar-refractivity contribution < 1.29 is 4.74 Å². The van der Waals surface area contributed by atoms with E-state index < -0.39 is 0 Å². The number of benzene rings is 2. The van der Waals surface area contributed by atoms with Crippen LogP contribution in [-0.4, -0.2) is 25.1 Å². The molecule has 5 nitrogen and oxygen atoms in total. The Labute approximate surface area is 170 Å². The molecule has 0 atom stereocenters. The lowest BCUT2D eigenvalue weighted by Crippen LogP contribution is -2.36. The average Bonchev–Trinajstić information content (AvgIpc) is 2.68. The number of rotatable bonds is 5. The number of aromatic nitrogens is 1. The Bertz CT molecular complexity index is 877. The molecule has 0 radical (unpaired) electrons. The fourth-order valence-corrected chi connectivity index (χ4v) is 2.74. The first-order chi connectivity index (χ1) is 12.3. The van der Waals surface area contributed by atoms with Crippen molar-refractivity contribution in [2.24, 2.45) is 4.99 Å². The van der Waals surface area contributed by atoms with Gasteiger partial charge in [0.15, 0.2) is 5.96 Å². The Balaban J connectivity index is 0.00000243. The quantitative estimate of drug-likeness (QED) is 0.345. The van der Waals surface area contributed by atoms with Gasteiger partial charge in [-0.3, -0.25) is 9.98 Å². The lowest BCUT2D eigenvalue weighted by molar-refractivity contribution is 0.409. The maximum absolute atomic E-state index is 5.38. The van der Waals surface area contributed by atoms with Gasteiger partial charge < -0.3 is 15.4 Å². The molecule has 0 spiro atoms. The van der Waals surface area contributed by atoms with E-state index in [9.17, 15) is 0 Å². The molecule has 26 heavy (non-hydrogen) atoms. The number of hydrogen-bond donors (Lipinski definition) is 2. The minimum absolute atomic E-state index is 0. The maximum atomic E-state index is 5.38. The van der Waals surface area contributed by atoms with Crippen LogP contribution in [0.4, 0.5) is 0 Å². The highest BCUT2D eigenvalue weighted by molar-refractivity contribution is 14.0. The van der Waals surface area contributed by atoms with Crippen LogP contribution in [0.1, 0.15) is 11.1 Å². The van der Waals surface area contributed by atoms with Gasteiger partial charge >= 0.3 is 0 Å². The van der Waals surface area contributed by atoms with Crippen LogP contribution >= 0.6 is 24.0 Å². The van der Waals surface area contributed by atoms with Gasteiger partial charge in [-0.05, 0) is 17.7 Å². The number of hydrogen-bond acceptors (Lipinski definition) is 3. The lowest BCUT2D eigenvalue weighted by Gasteiger charge is -2.14. The molecule has 136 valence electrons. The Morgan fingerprint density at radius 2 is 1.65 bits per heavy atom. The largest absolute Gasteiger partial charge is 0.496 e. The highest BCUT2D eigenvalue weighted by Gasteiger charge is 2.05. The summed E-state index contributed by atoms with van der Waals surface area (Å²) in [6, 6.07) is 18.2. The fraction of sp³-hybridized carbons (Fsp3) is 0.200. The first-order valence-corrected chi connectivity index (χ1v) is 8.21. The van der Waals surface area contributed by atoms with Crippen LogP contribution < -0.4 is 15.4 Å². The predicted molar refractivity (Wildman–Crippen MR) is 117 cm³/mol. The molecule has 3 aromatic rings. The number of para-hydroxylation sites is 2. The Morgan fingerprint density at radius 1 is 0.962 bits per heavy atom. The van der Waals surface area contributed by atoms with Crippen LogP contribution in [0.5, 0.6) is 5.75 Å². The van der Waals surface area contributed by atoms with Crippen molar-refractivity contribution in [2.45, 2.75) is 13.1 Å². The number of aliphatic imine (C=N–C) groups is 1. The van der Waals surface area contributed by atoms with Crippen molar-refractivity contribution >= 4 is 40.8 Å². The third-order valence-electron chi connectivity index (χ3n) is 4.02. The van der Waals surface area contributed by atoms with Gasteiger partial charge in [0.1, 0.15) is 5.75 Å². The molecule has 0 saturated heterocycles. The van der Waals surface area contributed by atoms with E-state index in [1.54, 1.807) is 14.2 Å². The van der Waals surface area contributed by atoms with E-state index in [1.165, 1.54) is 0 Å². The summed E-state index contributed by atoms with van der Waals surface area (Å²) in [6.07, 6.45) is 1.82. The van der Waals surface area contributed by atoms with Gasteiger partial charge in [0.2, 0.25) is 0 Å². The summed E-state index contributed by atoms with van der Waals surface area (Å²) >= 11 is 0. The third kappa shape index (κ3) is 4.85. The van der Waals surface area contributed by atoms with Gasteiger partial charge in [0, 0.05) is 37.3 Å². The van der Waals surface area contributed by atoms with Gasteiger partial charge in [-0.2, -0.15) is 0 Å². The first kappa shape index (κ1) is 20.0. The zero-order valence-corrected chi connectivity index (χ0v) is 17.2. The molecule has 2 aromatic carbocycles. The van der Waals surface area contributed by atoms with E-state index in [4.69, 9.17) is 4.74 Å². The standard InChI is InChI=1S/C20H22N4O.HI/c1-21-20(23-13-16-7-3-4-11-18(16)25-2)24-14-17-9-5-8-15-10-6-12-22-19(15)17;/h3-12H,13-14H2,1-2H3,(H2,21,23,24);1H. The number of halogens is 1. The number of ether oxygens (including phenoxy) is 1. The van der Waals surface area contributed by atoms with Gasteiger partial charge in [-0.1, -0.05) is 42.5 Å². The highest BCUT2D eigenvalue weighted by atomic mass is 127. The second kappa shape index (κ2) is 9.96. The van der Waals surface area contributed by atoms with Crippen LogP contribution in [0.3, 0.4) is 0 Å². The maximum Gasteiger partial charge on any atom is 0.191 e. The predicted octanol–water partition coefficient (Wildman–Crippen LogP) is 3.73. The molecule has 0 aliphatic carbocycles. The summed E-state index contributed by atoms with van der Waals surface area (Å²) in [4.78, 5) is 8.77. The molecule has 0 amide bonds. The minimum atomic E-state index is 0. The molecule has 0 saturated carbocycles. The number of nitrogens with one attached hydrogen (secondary N) is 2. The summed E-state index contributed by atoms with van der Waals surface area (Å²) in [6.45, 7) is 1.29. The molecule has 0 aliphatic heterocycles. The number of methoxy groups -OCH3 is 1. The van der Waals surface area contributed by atoms with Crippen LogP contribution in [0, 0.1) is 0 Å². The van der Waals surface area contributed by atoms with Crippen molar-refractivity contribution in [1.82, 2.24) is 15.6 Å². The zero-order chi connectivity index (χ0) is 17.5. The fourth-order valence-electron chi connectivity index (χ4n) is 2.74. The smallest absolute Gasteiger partial charge is 0.191 e. The lowest BCUT2D eigenvalue weighted by atomic mass is 10.1. The zero-order valence-electron chi connectivity index (χ0n) is 14.9. The Morgan fingerprint density at radius 3 is 2.42 bits per heavy atom. The molecule has 0 bridgehead atoms. The van der Waals surface area contributed by atoms with E-state index >= 15 is 0 Å². The molecule has 1 aromatic heterocycles. The van der Waals surface area contributed by atoms with Gasteiger partial charge in [-0.15, -0.1) is 24.0 Å². The molecular formula is C20H23IN4O. The van der Waals surface area contributed by atoms with E-state index in [0.717, 1.165) is 33.7 Å². The van der Waals surface area contributed by atoms with E-state index in [1.807, 2.05) is 42.6 Å². The van der Waals surface area contributed by atoms with Crippen molar-refractivity contribution in [2.75, 3.05) is 14.2 Å². The molecule has 2 N–H and O–H groups in total. The Hall–Kier alpha value is -2.35. The van der Waals surface area contributed by atoms with Crippen molar-refractivity contribution in [3.8, 4) is 5.75 Å². The average molecular weight is 462 g/mol. The molecule has 1 heterocycles. The SMILES string of the molecule is CN=C(NCc1ccccc1OC)NCc1cccc2cccnc12.I. The number of fused-ring (bicyclic) bond motifs is 1. The van der Waals surface area contributed by atoms with E-state index in [2.05, 4.69) is 38.8 Å². The third-order valence-corrected chi connectivity index (χ3v) is 4.02. The summed E-state index contributed by atoms with van der Waals surface area (Å²) in [5, 5.41) is 7.80. The van der Waals surface area contributed by atoms with Gasteiger partial charge in [0.05, 0.1) is 12.6 Å². The molecular weight excluding hydrogens is 439 g/mol. The summed E-state index contributed by atoms with van der Waals surface area (Å²) in [7, 11) is 3.44. The number of guanidine groups is 1. The van der Waals surface area contributed by atoms with Crippen LogP contribution in [0.15, 0.2) is 65.8 Å². The number of nitrogens with zero attached hydrogens (tertiary/aromatic N) is 2. The van der Waals surface area contributed by atoms with E-state index in [0.29, 0.717) is 13.1 Å². The molecule has 0 aliphatic rings. The molecule has 6 heteroatoms. The summed E-state index contributed by atoms with van der Waals surface area (Å²) in [5.41, 5.74) is 3.23. The van der Waals surface area contributed by atoms with Crippen molar-refractivity contribution in [3.05, 3.63) is 71.9 Å². The van der Waals surface area contributed by atoms with E-state index in [-0.39, 0.29) is 24.0 Å². The molecule has 3 rings (SSSR count). The van der Waals surface area contributed by atoms with Gasteiger partial charge in [0.25, 0.3) is 0 Å². The van der Waals surface area contributed by atoms with Gasteiger partial charge in [-0.25, -0.2) is 0 Å². The second-order valence-corrected chi connectivity index (χ2v) is 5.58. The molecule has 0 unspecified atom stereocenters. The topological polar surface area (TPSA) is 58.5 Å². The minimum Gasteiger partial charge on any atom is -0.496 e. The summed E-state index contributed by atoms with van der Waals surface area (Å²) < 4.78 is 5.38. The second-order valence-electron chi connectivity index (χ2n) is 5.58. The van der Waals surface area contributed by atoms with Crippen LogP contribution in [-0.2, 0) is 13.1 Å². The molecule has 0 fully saturated rings. The monoisotopic (exact) mass is 462 g/mol. The van der Waals surface area contributed by atoms with Crippen molar-refractivity contribution in [1.29, 1.82) is 0 Å². The Kier molecular flexibility index (Phi) is 7.65. The summed E-state index contributed by atoms with van der Waals surface area (Å²) in [5.74, 6) is 1.60. The van der Waals surface area contributed by atoms with Crippen LogP contribution in [0.25, 0.3) is 10.9 Å². The first-order valence-electron chi connectivity index (χ1n) is 8.21. The highest BCUT2D eigenvalue weighted by Crippen LogP contribution is 2.17. The normalized spacial score (nSPS) is 10.9.